The van der Waals surface area contributed by atoms with Crippen LogP contribution in [0.3, 0.4) is 0 Å². The molecule has 2 N–H and O–H groups in total. The minimum absolute atomic E-state index is 0.338. The van der Waals surface area contributed by atoms with Gasteiger partial charge in [-0.3, -0.25) is 9.52 Å². The smallest absolute Gasteiger partial charge is 0.237 e. The number of amides is 1. The Hall–Kier alpha value is -0.620. The van der Waals surface area contributed by atoms with E-state index in [9.17, 15) is 13.2 Å². The van der Waals surface area contributed by atoms with E-state index in [1.165, 1.54) is 0 Å². The minimum atomic E-state index is -3.42. The maximum absolute atomic E-state index is 11.1. The van der Waals surface area contributed by atoms with Crippen LogP contribution in [0.4, 0.5) is 0 Å². The lowest BCUT2D eigenvalue weighted by Crippen LogP contribution is -2.38. The first-order chi connectivity index (χ1) is 5.87. The molecule has 0 radical (unpaired) electrons. The lowest BCUT2D eigenvalue weighted by Gasteiger charge is -2.10. The van der Waals surface area contributed by atoms with Crippen molar-refractivity contribution in [1.82, 2.24) is 10.0 Å². The zero-order valence-electron chi connectivity index (χ0n) is 8.12. The predicted octanol–water partition coefficient (Wildman–Crippen LogP) is -0.692. The van der Waals surface area contributed by atoms with Crippen LogP contribution in [0.15, 0.2) is 0 Å². The third kappa shape index (κ3) is 6.53. The molecule has 0 bridgehead atoms. The number of hydrogen-bond donors (Lipinski definition) is 2. The number of hydrogen-bond acceptors (Lipinski definition) is 4. The molecular weight excluding hydrogens is 192 g/mol. The zero-order chi connectivity index (χ0) is 10.5. The molecule has 0 aliphatic carbocycles. The number of nitrogens with one attached hydrogen (secondary N) is 2. The van der Waals surface area contributed by atoms with E-state index in [0.29, 0.717) is 6.54 Å². The Morgan fingerprint density at radius 2 is 2.00 bits per heavy atom. The highest BCUT2D eigenvalue weighted by Gasteiger charge is 2.15. The van der Waals surface area contributed by atoms with Crippen LogP contribution in [0, 0.1) is 5.92 Å². The first kappa shape index (κ1) is 12.4. The summed E-state index contributed by atoms with van der Waals surface area (Å²) in [5.41, 5.74) is 0. The molecule has 1 atom stereocenters. The number of carbonyl (C=O) groups is 1. The summed E-state index contributed by atoms with van der Waals surface area (Å²) >= 11 is 0. The van der Waals surface area contributed by atoms with Crippen molar-refractivity contribution in [2.75, 3.05) is 19.3 Å². The van der Waals surface area contributed by atoms with Crippen molar-refractivity contribution >= 4 is 15.9 Å². The maximum Gasteiger partial charge on any atom is 0.237 e. The quantitative estimate of drug-likeness (QED) is 0.627. The fourth-order valence-electron chi connectivity index (χ4n) is 0.737. The van der Waals surface area contributed by atoms with Crippen molar-refractivity contribution < 1.29 is 13.2 Å². The van der Waals surface area contributed by atoms with Crippen LogP contribution in [0.5, 0.6) is 0 Å². The largest absolute Gasteiger partial charge is 0.316 e. The molecule has 0 aromatic carbocycles. The van der Waals surface area contributed by atoms with Gasteiger partial charge < -0.3 is 5.32 Å². The van der Waals surface area contributed by atoms with E-state index in [1.54, 1.807) is 6.92 Å². The number of rotatable bonds is 5. The SMILES string of the molecule is CCNCC(C)C(=O)NS(C)(=O)=O. The lowest BCUT2D eigenvalue weighted by atomic mass is 10.2. The van der Waals surface area contributed by atoms with E-state index < -0.39 is 15.9 Å². The average molecular weight is 208 g/mol. The Morgan fingerprint density at radius 3 is 2.38 bits per heavy atom. The van der Waals surface area contributed by atoms with Crippen molar-refractivity contribution in [2.45, 2.75) is 13.8 Å². The highest BCUT2D eigenvalue weighted by molar-refractivity contribution is 7.89. The van der Waals surface area contributed by atoms with Gasteiger partial charge in [-0.05, 0) is 6.54 Å². The standard InChI is InChI=1S/C7H16N2O3S/c1-4-8-5-6(2)7(10)9-13(3,11)12/h6,8H,4-5H2,1-3H3,(H,9,10). The summed E-state index contributed by atoms with van der Waals surface area (Å²) < 4.78 is 23.3. The molecule has 0 heterocycles. The van der Waals surface area contributed by atoms with Gasteiger partial charge >= 0.3 is 0 Å². The lowest BCUT2D eigenvalue weighted by molar-refractivity contribution is -0.122. The summed E-state index contributed by atoms with van der Waals surface area (Å²) in [5.74, 6) is -0.807. The molecule has 0 aliphatic rings. The summed E-state index contributed by atoms with van der Waals surface area (Å²) in [4.78, 5) is 11.1. The van der Waals surface area contributed by atoms with Gasteiger partial charge in [0.05, 0.1) is 6.26 Å². The summed E-state index contributed by atoms with van der Waals surface area (Å²) in [6.07, 6.45) is 0.963. The molecule has 0 aliphatic heterocycles. The van der Waals surface area contributed by atoms with Crippen LogP contribution in [0.2, 0.25) is 0 Å². The van der Waals surface area contributed by atoms with Crippen LogP contribution < -0.4 is 10.0 Å². The first-order valence-corrected chi connectivity index (χ1v) is 5.98. The zero-order valence-corrected chi connectivity index (χ0v) is 8.94. The van der Waals surface area contributed by atoms with Crippen molar-refractivity contribution in [3.63, 3.8) is 0 Å². The highest BCUT2D eigenvalue weighted by atomic mass is 32.2. The van der Waals surface area contributed by atoms with Crippen LogP contribution in [0.25, 0.3) is 0 Å². The van der Waals surface area contributed by atoms with Gasteiger partial charge in [0.25, 0.3) is 0 Å². The fraction of sp³-hybridized carbons (Fsp3) is 0.857. The van der Waals surface area contributed by atoms with Crippen molar-refractivity contribution in [2.24, 2.45) is 5.92 Å². The van der Waals surface area contributed by atoms with Crippen LogP contribution in [-0.4, -0.2) is 33.7 Å². The molecule has 0 fully saturated rings. The predicted molar refractivity (Wildman–Crippen MR) is 50.7 cm³/mol. The van der Waals surface area contributed by atoms with Gasteiger partial charge in [-0.2, -0.15) is 0 Å². The first-order valence-electron chi connectivity index (χ1n) is 4.09. The summed E-state index contributed by atoms with van der Waals surface area (Å²) in [6, 6.07) is 0. The van der Waals surface area contributed by atoms with E-state index in [2.05, 4.69) is 5.32 Å². The van der Waals surface area contributed by atoms with Gasteiger partial charge in [-0.1, -0.05) is 13.8 Å². The normalized spacial score (nSPS) is 13.8. The van der Waals surface area contributed by atoms with Gasteiger partial charge in [-0.25, -0.2) is 8.42 Å². The van der Waals surface area contributed by atoms with Crippen molar-refractivity contribution in [1.29, 1.82) is 0 Å². The topological polar surface area (TPSA) is 75.3 Å². The van der Waals surface area contributed by atoms with Crippen LogP contribution in [0.1, 0.15) is 13.8 Å². The van der Waals surface area contributed by atoms with Gasteiger partial charge in [0, 0.05) is 12.5 Å². The highest BCUT2D eigenvalue weighted by Crippen LogP contribution is 1.93. The third-order valence-electron chi connectivity index (χ3n) is 1.43. The molecule has 0 rings (SSSR count). The van der Waals surface area contributed by atoms with E-state index in [1.807, 2.05) is 11.6 Å². The minimum Gasteiger partial charge on any atom is -0.316 e. The second kappa shape index (κ2) is 5.18. The molecule has 6 heteroatoms. The Kier molecular flexibility index (Phi) is 4.94. The molecular formula is C7H16N2O3S. The molecule has 78 valence electrons. The monoisotopic (exact) mass is 208 g/mol. The van der Waals surface area contributed by atoms with Gasteiger partial charge in [0.2, 0.25) is 15.9 Å². The molecule has 1 amide bonds. The third-order valence-corrected chi connectivity index (χ3v) is 2.01. The number of carbonyl (C=O) groups excluding carboxylic acids is 1. The molecule has 0 spiro atoms. The van der Waals surface area contributed by atoms with Crippen LogP contribution >= 0.6 is 0 Å². The number of sulfonamides is 1. The van der Waals surface area contributed by atoms with E-state index in [-0.39, 0.29) is 5.92 Å². The van der Waals surface area contributed by atoms with Gasteiger partial charge in [-0.15, -0.1) is 0 Å². The molecule has 0 saturated heterocycles. The Bertz CT molecular complexity index is 261. The maximum atomic E-state index is 11.1. The molecule has 1 unspecified atom stereocenters. The second-order valence-corrected chi connectivity index (χ2v) is 4.70. The fourth-order valence-corrected chi connectivity index (χ4v) is 1.30. The summed E-state index contributed by atoms with van der Waals surface area (Å²) in [5, 5.41) is 2.96. The molecule has 0 aromatic rings. The summed E-state index contributed by atoms with van der Waals surface area (Å²) in [7, 11) is -3.42. The molecule has 0 aromatic heterocycles. The van der Waals surface area contributed by atoms with Crippen molar-refractivity contribution in [3.05, 3.63) is 0 Å². The molecule has 5 nitrogen and oxygen atoms in total. The second-order valence-electron chi connectivity index (χ2n) is 2.95. The Morgan fingerprint density at radius 1 is 1.46 bits per heavy atom. The van der Waals surface area contributed by atoms with Gasteiger partial charge in [0.1, 0.15) is 0 Å². The summed E-state index contributed by atoms with van der Waals surface area (Å²) in [6.45, 7) is 4.83. The van der Waals surface area contributed by atoms with Crippen molar-refractivity contribution in [3.8, 4) is 0 Å². The molecule has 13 heavy (non-hydrogen) atoms. The van der Waals surface area contributed by atoms with Crippen LogP contribution in [-0.2, 0) is 14.8 Å². The molecule has 0 saturated carbocycles. The average Bonchev–Trinajstić information content (AvgIpc) is 1.96. The van der Waals surface area contributed by atoms with E-state index in [0.717, 1.165) is 12.8 Å². The van der Waals surface area contributed by atoms with Gasteiger partial charge in [0.15, 0.2) is 0 Å². The Balaban J connectivity index is 3.97. The van der Waals surface area contributed by atoms with E-state index in [4.69, 9.17) is 0 Å². The van der Waals surface area contributed by atoms with E-state index >= 15 is 0 Å². The Labute approximate surface area is 79.0 Å².